The van der Waals surface area contributed by atoms with Crippen LogP contribution in [-0.4, -0.2) is 29.1 Å². The molecule has 0 aliphatic carbocycles. The molecule has 5 heteroatoms. The largest absolute Gasteiger partial charge is 0.321 e. The van der Waals surface area contributed by atoms with Crippen molar-refractivity contribution in [2.75, 3.05) is 11.5 Å². The summed E-state index contributed by atoms with van der Waals surface area (Å²) in [5.41, 5.74) is 5.54. The predicted octanol–water partition coefficient (Wildman–Crippen LogP) is 1.51. The van der Waals surface area contributed by atoms with Crippen molar-refractivity contribution >= 4 is 33.2 Å². The molecule has 0 bridgehead atoms. The predicted molar refractivity (Wildman–Crippen MR) is 63.4 cm³/mol. The minimum atomic E-state index is -0.375. The van der Waals surface area contributed by atoms with Crippen LogP contribution in [0.1, 0.15) is 20.8 Å². The van der Waals surface area contributed by atoms with Crippen molar-refractivity contribution in [1.29, 1.82) is 0 Å². The van der Waals surface area contributed by atoms with E-state index in [9.17, 15) is 9.59 Å². The quantitative estimate of drug-likeness (QED) is 0.535. The molecule has 0 aromatic heterocycles. The van der Waals surface area contributed by atoms with E-state index in [1.807, 2.05) is 6.92 Å². The zero-order chi connectivity index (χ0) is 11.1. The van der Waals surface area contributed by atoms with Crippen LogP contribution in [0.2, 0.25) is 0 Å². The van der Waals surface area contributed by atoms with Gasteiger partial charge in [-0.25, -0.2) is 0 Å². The molecule has 2 N–H and O–H groups in total. The molecule has 0 amide bonds. The van der Waals surface area contributed by atoms with Crippen LogP contribution < -0.4 is 5.73 Å². The molecule has 0 aliphatic heterocycles. The van der Waals surface area contributed by atoms with Gasteiger partial charge in [0.25, 0.3) is 0 Å². The lowest BCUT2D eigenvalue weighted by atomic mass is 10.1. The third kappa shape index (κ3) is 6.45. The molecule has 0 heterocycles. The van der Waals surface area contributed by atoms with Gasteiger partial charge in [-0.3, -0.25) is 9.59 Å². The highest BCUT2D eigenvalue weighted by atomic mass is 33.1. The fourth-order valence-electron chi connectivity index (χ4n) is 0.506. The Morgan fingerprint density at radius 3 is 2.07 bits per heavy atom. The highest BCUT2D eigenvalue weighted by molar-refractivity contribution is 8.76. The second kappa shape index (κ2) is 7.31. The molecule has 0 saturated heterocycles. The van der Waals surface area contributed by atoms with Crippen molar-refractivity contribution in [1.82, 2.24) is 0 Å². The summed E-state index contributed by atoms with van der Waals surface area (Å²) >= 11 is 0. The number of Topliss-reactive ketones (excluding diaryl/α,β-unsaturated/α-hetero) is 2. The zero-order valence-electron chi connectivity index (χ0n) is 8.78. The lowest BCUT2D eigenvalue weighted by Gasteiger charge is -2.08. The average molecular weight is 235 g/mol. The van der Waals surface area contributed by atoms with Crippen molar-refractivity contribution in [3.8, 4) is 0 Å². The Morgan fingerprint density at radius 1 is 1.14 bits per heavy atom. The van der Waals surface area contributed by atoms with Crippen LogP contribution in [-0.2, 0) is 9.59 Å². The van der Waals surface area contributed by atoms with Crippen molar-refractivity contribution in [2.45, 2.75) is 26.8 Å². The molecule has 0 fully saturated rings. The van der Waals surface area contributed by atoms with E-state index in [2.05, 4.69) is 0 Å². The number of nitrogens with two attached hydrogens (primary N) is 1. The molecule has 82 valence electrons. The Morgan fingerprint density at radius 2 is 1.64 bits per heavy atom. The van der Waals surface area contributed by atoms with Crippen molar-refractivity contribution in [3.05, 3.63) is 0 Å². The molecule has 0 spiro atoms. The van der Waals surface area contributed by atoms with Crippen LogP contribution in [0.5, 0.6) is 0 Å². The highest BCUT2D eigenvalue weighted by Crippen LogP contribution is 2.24. The van der Waals surface area contributed by atoms with E-state index in [0.29, 0.717) is 5.75 Å². The van der Waals surface area contributed by atoms with E-state index < -0.39 is 0 Å². The first-order chi connectivity index (χ1) is 6.45. The van der Waals surface area contributed by atoms with Gasteiger partial charge in [0.05, 0.1) is 6.04 Å². The number of rotatable bonds is 7. The first-order valence-corrected chi connectivity index (χ1v) is 6.94. The molecular formula is C9H17NO2S2. The Hall–Kier alpha value is -0.0000000000000000555. The fourth-order valence-corrected chi connectivity index (χ4v) is 3.15. The topological polar surface area (TPSA) is 60.2 Å². The maximum Gasteiger partial charge on any atom is 0.147 e. The van der Waals surface area contributed by atoms with E-state index in [1.54, 1.807) is 28.5 Å². The summed E-state index contributed by atoms with van der Waals surface area (Å²) in [6.07, 6.45) is 0. The second-order valence-corrected chi connectivity index (χ2v) is 5.85. The molecule has 0 aromatic carbocycles. The van der Waals surface area contributed by atoms with Crippen LogP contribution in [0.4, 0.5) is 0 Å². The van der Waals surface area contributed by atoms with E-state index >= 15 is 0 Å². The van der Waals surface area contributed by atoms with E-state index in [4.69, 9.17) is 5.73 Å². The van der Waals surface area contributed by atoms with E-state index in [1.165, 1.54) is 6.92 Å². The Kier molecular flexibility index (Phi) is 7.31. The number of carbonyl (C=O) groups excluding carboxylic acids is 2. The van der Waals surface area contributed by atoms with Gasteiger partial charge in [0, 0.05) is 17.4 Å². The number of hydrogen-bond acceptors (Lipinski definition) is 5. The van der Waals surface area contributed by atoms with Gasteiger partial charge in [0.1, 0.15) is 11.6 Å². The van der Waals surface area contributed by atoms with Crippen LogP contribution in [0.25, 0.3) is 0 Å². The Balaban J connectivity index is 3.47. The molecule has 3 nitrogen and oxygen atoms in total. The maximum absolute atomic E-state index is 10.9. The number of ketones is 2. The van der Waals surface area contributed by atoms with Crippen molar-refractivity contribution in [2.24, 2.45) is 11.7 Å². The van der Waals surface area contributed by atoms with Gasteiger partial charge < -0.3 is 5.73 Å². The SMILES string of the molecule is CC(=O)[C@@H](C)CSSC[C@H](N)C(C)=O. The van der Waals surface area contributed by atoms with Crippen molar-refractivity contribution in [3.63, 3.8) is 0 Å². The van der Waals surface area contributed by atoms with E-state index in [-0.39, 0.29) is 23.5 Å². The Bertz CT molecular complexity index is 187. The van der Waals surface area contributed by atoms with Gasteiger partial charge >= 0.3 is 0 Å². The minimum Gasteiger partial charge on any atom is -0.321 e. The van der Waals surface area contributed by atoms with Crippen LogP contribution >= 0.6 is 21.6 Å². The average Bonchev–Trinajstić information content (AvgIpc) is 2.11. The molecule has 0 saturated carbocycles. The van der Waals surface area contributed by atoms with Crippen molar-refractivity contribution < 1.29 is 9.59 Å². The number of carbonyl (C=O) groups is 2. The maximum atomic E-state index is 10.9. The molecule has 2 atom stereocenters. The molecule has 0 radical (unpaired) electrons. The van der Waals surface area contributed by atoms with Gasteiger partial charge in [-0.15, -0.1) is 0 Å². The van der Waals surface area contributed by atoms with Gasteiger partial charge in [0.15, 0.2) is 0 Å². The third-order valence-corrected chi connectivity index (χ3v) is 4.48. The zero-order valence-corrected chi connectivity index (χ0v) is 10.4. The summed E-state index contributed by atoms with van der Waals surface area (Å²) in [6, 6.07) is -0.375. The molecule has 0 aliphatic rings. The third-order valence-electron chi connectivity index (χ3n) is 1.87. The van der Waals surface area contributed by atoms with Crippen LogP contribution in [0.15, 0.2) is 0 Å². The summed E-state index contributed by atoms with van der Waals surface area (Å²) in [5, 5.41) is 0. The Labute approximate surface area is 93.0 Å². The number of hydrogen-bond donors (Lipinski definition) is 1. The summed E-state index contributed by atoms with van der Waals surface area (Å²) in [4.78, 5) is 21.7. The fraction of sp³-hybridized carbons (Fsp3) is 0.778. The second-order valence-electron chi connectivity index (χ2n) is 3.30. The molecule has 0 unspecified atom stereocenters. The highest BCUT2D eigenvalue weighted by Gasteiger charge is 2.10. The lowest BCUT2D eigenvalue weighted by Crippen LogP contribution is -2.30. The summed E-state index contributed by atoms with van der Waals surface area (Å²) in [5.74, 6) is 1.70. The summed E-state index contributed by atoms with van der Waals surface area (Å²) in [6.45, 7) is 4.99. The molecule has 0 aromatic rings. The van der Waals surface area contributed by atoms with Gasteiger partial charge in [-0.2, -0.15) is 0 Å². The molecular weight excluding hydrogens is 218 g/mol. The molecule has 0 rings (SSSR count). The van der Waals surface area contributed by atoms with Gasteiger partial charge in [-0.1, -0.05) is 28.5 Å². The summed E-state index contributed by atoms with van der Waals surface area (Å²) in [7, 11) is 3.15. The first-order valence-electron chi connectivity index (χ1n) is 4.46. The van der Waals surface area contributed by atoms with Gasteiger partial charge in [-0.05, 0) is 13.8 Å². The van der Waals surface area contributed by atoms with Gasteiger partial charge in [0.2, 0.25) is 0 Å². The minimum absolute atomic E-state index is 0.0118. The van der Waals surface area contributed by atoms with Crippen LogP contribution in [0, 0.1) is 5.92 Å². The summed E-state index contributed by atoms with van der Waals surface area (Å²) < 4.78 is 0. The normalized spacial score (nSPS) is 14.9. The smallest absolute Gasteiger partial charge is 0.147 e. The first kappa shape index (κ1) is 14.0. The lowest BCUT2D eigenvalue weighted by molar-refractivity contribution is -0.119. The standard InChI is InChI=1S/C9H17NO2S2/c1-6(7(2)11)4-13-14-5-9(10)8(3)12/h6,9H,4-5,10H2,1-3H3/t6-,9-/m0/s1. The van der Waals surface area contributed by atoms with Crippen LogP contribution in [0.3, 0.4) is 0 Å². The molecule has 14 heavy (non-hydrogen) atoms. The monoisotopic (exact) mass is 235 g/mol. The van der Waals surface area contributed by atoms with E-state index in [0.717, 1.165) is 5.75 Å².